The molecule has 2 N–H and O–H groups in total. The number of rotatable bonds is 6. The molecule has 4 aromatic rings. The lowest BCUT2D eigenvalue weighted by Crippen LogP contribution is -2.23. The number of aryl methyl sites for hydroxylation is 1. The van der Waals surface area contributed by atoms with Gasteiger partial charge in [0.2, 0.25) is 0 Å². The van der Waals surface area contributed by atoms with Gasteiger partial charge in [0.1, 0.15) is 11.5 Å². The Balaban J connectivity index is 1.53. The minimum Gasteiger partial charge on any atom is -0.497 e. The quantitative estimate of drug-likeness (QED) is 0.124. The number of thiocarbonyl (C=S) groups is 1. The molecule has 0 aliphatic carbocycles. The fraction of sp³-hybridized carbons (Fsp3) is 0.0741. The number of hydrazone groups is 1. The predicted molar refractivity (Wildman–Crippen MR) is 140 cm³/mol. The third-order valence-corrected chi connectivity index (χ3v) is 5.32. The molecule has 0 radical (unpaired) electrons. The molecule has 0 saturated heterocycles. The van der Waals surface area contributed by atoms with Crippen molar-refractivity contribution in [3.8, 4) is 11.5 Å². The molecule has 0 amide bonds. The van der Waals surface area contributed by atoms with Crippen LogP contribution in [0.2, 0.25) is 0 Å². The maximum absolute atomic E-state index is 12.7. The molecule has 7 heteroatoms. The van der Waals surface area contributed by atoms with E-state index in [1.54, 1.807) is 31.5 Å². The zero-order valence-corrected chi connectivity index (χ0v) is 19.6. The predicted octanol–water partition coefficient (Wildman–Crippen LogP) is 5.70. The van der Waals surface area contributed by atoms with E-state index in [0.29, 0.717) is 22.0 Å². The van der Waals surface area contributed by atoms with Crippen LogP contribution in [-0.4, -0.2) is 24.4 Å². The topological polar surface area (TPSA) is 71.9 Å². The van der Waals surface area contributed by atoms with Crippen LogP contribution in [0.25, 0.3) is 10.8 Å². The molecule has 0 atom stereocenters. The first-order chi connectivity index (χ1) is 16.5. The van der Waals surface area contributed by atoms with Crippen molar-refractivity contribution in [2.45, 2.75) is 6.92 Å². The van der Waals surface area contributed by atoms with Gasteiger partial charge in [0.05, 0.1) is 18.9 Å². The highest BCUT2D eigenvalue weighted by Crippen LogP contribution is 2.27. The third kappa shape index (κ3) is 5.57. The van der Waals surface area contributed by atoms with Crippen molar-refractivity contribution in [3.63, 3.8) is 0 Å². The van der Waals surface area contributed by atoms with Gasteiger partial charge in [-0.1, -0.05) is 48.0 Å². The Labute approximate surface area is 203 Å². The number of benzene rings is 4. The first kappa shape index (κ1) is 22.9. The van der Waals surface area contributed by atoms with Crippen LogP contribution in [0.5, 0.6) is 11.5 Å². The van der Waals surface area contributed by atoms with Gasteiger partial charge in [-0.2, -0.15) is 5.10 Å². The standard InChI is InChI=1S/C27H23N3O3S/c1-18-7-9-20(10-8-18)26(31)33-25-16-11-19-5-3-4-6-23(19)24(25)17-28-30-27(34)29-21-12-14-22(32-2)15-13-21/h3-17H,1-2H3,(H2,29,30,34). The van der Waals surface area contributed by atoms with Crippen LogP contribution in [0.1, 0.15) is 21.5 Å². The third-order valence-electron chi connectivity index (χ3n) is 5.13. The summed E-state index contributed by atoms with van der Waals surface area (Å²) < 4.78 is 10.9. The fourth-order valence-corrected chi connectivity index (χ4v) is 3.51. The lowest BCUT2D eigenvalue weighted by Gasteiger charge is -2.11. The van der Waals surface area contributed by atoms with E-state index >= 15 is 0 Å². The molecule has 0 aliphatic heterocycles. The number of nitrogens with zero attached hydrogens (tertiary/aromatic N) is 1. The van der Waals surface area contributed by atoms with Gasteiger partial charge >= 0.3 is 5.97 Å². The van der Waals surface area contributed by atoms with Gasteiger partial charge in [-0.05, 0) is 72.4 Å². The zero-order chi connectivity index (χ0) is 23.9. The van der Waals surface area contributed by atoms with Gasteiger partial charge in [0, 0.05) is 11.3 Å². The van der Waals surface area contributed by atoms with E-state index < -0.39 is 5.97 Å². The smallest absolute Gasteiger partial charge is 0.343 e. The van der Waals surface area contributed by atoms with Crippen molar-refractivity contribution < 1.29 is 14.3 Å². The lowest BCUT2D eigenvalue weighted by atomic mass is 10.0. The van der Waals surface area contributed by atoms with E-state index in [4.69, 9.17) is 21.7 Å². The maximum atomic E-state index is 12.7. The molecule has 170 valence electrons. The minimum absolute atomic E-state index is 0.319. The maximum Gasteiger partial charge on any atom is 0.343 e. The summed E-state index contributed by atoms with van der Waals surface area (Å²) >= 11 is 5.33. The van der Waals surface area contributed by atoms with Gasteiger partial charge in [-0.15, -0.1) is 0 Å². The van der Waals surface area contributed by atoms with Crippen molar-refractivity contribution in [1.82, 2.24) is 5.43 Å². The van der Waals surface area contributed by atoms with E-state index in [9.17, 15) is 4.79 Å². The highest BCUT2D eigenvalue weighted by Gasteiger charge is 2.13. The Morgan fingerprint density at radius 1 is 0.941 bits per heavy atom. The van der Waals surface area contributed by atoms with Crippen LogP contribution in [0, 0.1) is 6.92 Å². The first-order valence-electron chi connectivity index (χ1n) is 10.6. The van der Waals surface area contributed by atoms with Gasteiger partial charge in [0.15, 0.2) is 5.11 Å². The van der Waals surface area contributed by atoms with Crippen molar-refractivity contribution in [3.05, 3.63) is 102 Å². The molecule has 6 nitrogen and oxygen atoms in total. The molecule has 0 aliphatic rings. The second kappa shape index (κ2) is 10.6. The normalized spacial score (nSPS) is 10.8. The molecule has 4 rings (SSSR count). The summed E-state index contributed by atoms with van der Waals surface area (Å²) in [6.45, 7) is 1.97. The number of methoxy groups -OCH3 is 1. The highest BCUT2D eigenvalue weighted by molar-refractivity contribution is 7.80. The molecule has 4 aromatic carbocycles. The summed E-state index contributed by atoms with van der Waals surface area (Å²) in [5.74, 6) is 0.726. The van der Waals surface area contributed by atoms with Crippen LogP contribution in [0.4, 0.5) is 5.69 Å². The molecule has 0 bridgehead atoms. The van der Waals surface area contributed by atoms with Crippen LogP contribution in [0.15, 0.2) is 90.0 Å². The van der Waals surface area contributed by atoms with Crippen LogP contribution < -0.4 is 20.2 Å². The Hall–Kier alpha value is -4.23. The molecule has 34 heavy (non-hydrogen) atoms. The Bertz CT molecular complexity index is 1350. The second-order valence-electron chi connectivity index (χ2n) is 7.51. The second-order valence-corrected chi connectivity index (χ2v) is 7.91. The van der Waals surface area contributed by atoms with Gasteiger partial charge in [-0.3, -0.25) is 5.43 Å². The van der Waals surface area contributed by atoms with E-state index in [1.807, 2.05) is 73.7 Å². The number of hydrogen-bond donors (Lipinski definition) is 2. The SMILES string of the molecule is COc1ccc(NC(=S)NN=Cc2c(OC(=O)c3ccc(C)cc3)ccc3ccccc23)cc1. The highest BCUT2D eigenvalue weighted by atomic mass is 32.1. The van der Waals surface area contributed by atoms with Gasteiger partial charge in [-0.25, -0.2) is 4.79 Å². The molecule has 0 unspecified atom stereocenters. The van der Waals surface area contributed by atoms with Crippen LogP contribution >= 0.6 is 12.2 Å². The van der Waals surface area contributed by atoms with Gasteiger partial charge < -0.3 is 14.8 Å². The summed E-state index contributed by atoms with van der Waals surface area (Å²) in [4.78, 5) is 12.7. The van der Waals surface area contributed by atoms with Gasteiger partial charge in [0.25, 0.3) is 0 Å². The number of carbonyl (C=O) groups excluding carboxylic acids is 1. The molecular formula is C27H23N3O3S. The summed E-state index contributed by atoms with van der Waals surface area (Å²) in [7, 11) is 1.61. The van der Waals surface area contributed by atoms with Crippen molar-refractivity contribution in [2.75, 3.05) is 12.4 Å². The van der Waals surface area contributed by atoms with Crippen molar-refractivity contribution in [2.24, 2.45) is 5.10 Å². The minimum atomic E-state index is -0.436. The molecule has 0 saturated carbocycles. The summed E-state index contributed by atoms with van der Waals surface area (Å²) in [6.07, 6.45) is 1.60. The molecule has 0 fully saturated rings. The Morgan fingerprint density at radius 3 is 2.41 bits per heavy atom. The monoisotopic (exact) mass is 469 g/mol. The number of ether oxygens (including phenoxy) is 2. The zero-order valence-electron chi connectivity index (χ0n) is 18.7. The molecule has 0 heterocycles. The molecule has 0 spiro atoms. The summed E-state index contributed by atoms with van der Waals surface area (Å²) in [6, 6.07) is 26.1. The molecular weight excluding hydrogens is 446 g/mol. The number of esters is 1. The molecule has 0 aromatic heterocycles. The number of fused-ring (bicyclic) bond motifs is 1. The number of carbonyl (C=O) groups is 1. The van der Waals surface area contributed by atoms with E-state index in [2.05, 4.69) is 15.8 Å². The van der Waals surface area contributed by atoms with Crippen LogP contribution in [-0.2, 0) is 0 Å². The average molecular weight is 470 g/mol. The number of anilines is 1. The summed E-state index contributed by atoms with van der Waals surface area (Å²) in [5, 5.41) is 9.55. The van der Waals surface area contributed by atoms with Crippen LogP contribution in [0.3, 0.4) is 0 Å². The largest absolute Gasteiger partial charge is 0.497 e. The fourth-order valence-electron chi connectivity index (χ4n) is 3.34. The lowest BCUT2D eigenvalue weighted by molar-refractivity contribution is 0.0734. The number of hydrogen-bond acceptors (Lipinski definition) is 5. The van der Waals surface area contributed by atoms with E-state index in [-0.39, 0.29) is 0 Å². The first-order valence-corrected chi connectivity index (χ1v) is 11.0. The van der Waals surface area contributed by atoms with Crippen molar-refractivity contribution in [1.29, 1.82) is 0 Å². The Kier molecular flexibility index (Phi) is 7.15. The summed E-state index contributed by atoms with van der Waals surface area (Å²) in [5.41, 5.74) is 5.82. The number of nitrogens with one attached hydrogen (secondary N) is 2. The van der Waals surface area contributed by atoms with Crippen molar-refractivity contribution >= 4 is 46.0 Å². The van der Waals surface area contributed by atoms with E-state index in [1.165, 1.54) is 0 Å². The Morgan fingerprint density at radius 2 is 1.68 bits per heavy atom. The average Bonchev–Trinajstić information content (AvgIpc) is 2.86. The van der Waals surface area contributed by atoms with E-state index in [0.717, 1.165) is 27.8 Å².